The fourth-order valence-corrected chi connectivity index (χ4v) is 3.19. The monoisotopic (exact) mass is 269 g/mol. The van der Waals surface area contributed by atoms with Crippen LogP contribution in [0.2, 0.25) is 0 Å². The number of rotatable bonds is 11. The molecule has 1 rings (SSSR count). The summed E-state index contributed by atoms with van der Waals surface area (Å²) in [6, 6.07) is 0. The van der Waals surface area contributed by atoms with Crippen molar-refractivity contribution in [2.24, 2.45) is 17.6 Å². The van der Waals surface area contributed by atoms with E-state index in [-0.39, 0.29) is 5.92 Å². The first kappa shape index (κ1) is 16.5. The molecular formula is C16H31NO2. The van der Waals surface area contributed by atoms with Gasteiger partial charge in [-0.1, -0.05) is 51.4 Å². The Labute approximate surface area is 118 Å². The van der Waals surface area contributed by atoms with Crippen LogP contribution in [0.4, 0.5) is 0 Å². The van der Waals surface area contributed by atoms with Crippen LogP contribution < -0.4 is 5.73 Å². The van der Waals surface area contributed by atoms with Gasteiger partial charge in [0.15, 0.2) is 0 Å². The van der Waals surface area contributed by atoms with Gasteiger partial charge in [0, 0.05) is 0 Å². The third-order valence-electron chi connectivity index (χ3n) is 4.50. The lowest BCUT2D eigenvalue weighted by molar-refractivity contribution is -0.142. The summed E-state index contributed by atoms with van der Waals surface area (Å²) in [6.45, 7) is 0.777. The summed E-state index contributed by atoms with van der Waals surface area (Å²) in [5.74, 6) is 0.126. The molecule has 0 aromatic carbocycles. The molecule has 1 aliphatic rings. The summed E-state index contributed by atoms with van der Waals surface area (Å²) >= 11 is 0. The van der Waals surface area contributed by atoms with Gasteiger partial charge in [-0.3, -0.25) is 4.79 Å². The summed E-state index contributed by atoms with van der Waals surface area (Å²) in [5, 5.41) is 9.27. The zero-order valence-corrected chi connectivity index (χ0v) is 12.3. The largest absolute Gasteiger partial charge is 0.481 e. The summed E-state index contributed by atoms with van der Waals surface area (Å²) in [6.07, 6.45) is 14.0. The molecule has 1 aliphatic carbocycles. The van der Waals surface area contributed by atoms with E-state index in [0.29, 0.717) is 0 Å². The molecule has 0 heterocycles. The van der Waals surface area contributed by atoms with Crippen molar-refractivity contribution >= 4 is 5.97 Å². The van der Waals surface area contributed by atoms with Gasteiger partial charge in [0.25, 0.3) is 0 Å². The number of hydrogen-bond acceptors (Lipinski definition) is 2. The van der Waals surface area contributed by atoms with E-state index < -0.39 is 5.97 Å². The van der Waals surface area contributed by atoms with E-state index in [1.54, 1.807) is 0 Å². The number of nitrogens with two attached hydrogens (primary N) is 1. The number of hydrogen-bond donors (Lipinski definition) is 2. The molecule has 0 radical (unpaired) electrons. The van der Waals surface area contributed by atoms with E-state index in [1.165, 1.54) is 38.5 Å². The second kappa shape index (κ2) is 10.2. The first-order valence-corrected chi connectivity index (χ1v) is 8.17. The Morgan fingerprint density at radius 1 is 1.05 bits per heavy atom. The van der Waals surface area contributed by atoms with Crippen LogP contribution in [0.3, 0.4) is 0 Å². The smallest absolute Gasteiger partial charge is 0.306 e. The minimum atomic E-state index is -0.583. The number of carboxylic acids is 1. The van der Waals surface area contributed by atoms with Gasteiger partial charge >= 0.3 is 5.97 Å². The standard InChI is InChI=1S/C16H31NO2/c17-13-7-3-1-2-4-10-15(16(18)19)12-11-14-8-5-6-9-14/h14-15H,1-13,17H2,(H,18,19). The molecule has 0 aromatic heterocycles. The van der Waals surface area contributed by atoms with E-state index in [0.717, 1.165) is 51.0 Å². The number of carbonyl (C=O) groups is 1. The van der Waals surface area contributed by atoms with Crippen LogP contribution >= 0.6 is 0 Å². The molecule has 1 unspecified atom stereocenters. The molecule has 19 heavy (non-hydrogen) atoms. The van der Waals surface area contributed by atoms with Crippen LogP contribution in [-0.2, 0) is 4.79 Å². The second-order valence-corrected chi connectivity index (χ2v) is 6.11. The van der Waals surface area contributed by atoms with Gasteiger partial charge in [-0.15, -0.1) is 0 Å². The van der Waals surface area contributed by atoms with Crippen LogP contribution in [0.5, 0.6) is 0 Å². The van der Waals surface area contributed by atoms with Crippen molar-refractivity contribution in [3.8, 4) is 0 Å². The van der Waals surface area contributed by atoms with Crippen molar-refractivity contribution in [1.29, 1.82) is 0 Å². The van der Waals surface area contributed by atoms with Gasteiger partial charge in [0.1, 0.15) is 0 Å². The van der Waals surface area contributed by atoms with E-state index in [9.17, 15) is 9.90 Å². The molecule has 0 aliphatic heterocycles. The lowest BCUT2D eigenvalue weighted by Crippen LogP contribution is -2.15. The van der Waals surface area contributed by atoms with Crippen molar-refractivity contribution in [3.05, 3.63) is 0 Å². The van der Waals surface area contributed by atoms with E-state index in [2.05, 4.69) is 0 Å². The summed E-state index contributed by atoms with van der Waals surface area (Å²) < 4.78 is 0. The highest BCUT2D eigenvalue weighted by Gasteiger charge is 2.21. The topological polar surface area (TPSA) is 63.3 Å². The molecule has 0 bridgehead atoms. The highest BCUT2D eigenvalue weighted by molar-refractivity contribution is 5.69. The molecule has 1 atom stereocenters. The first-order chi connectivity index (χ1) is 9.24. The van der Waals surface area contributed by atoms with Crippen molar-refractivity contribution < 1.29 is 9.90 Å². The number of aliphatic carboxylic acids is 1. The van der Waals surface area contributed by atoms with Crippen molar-refractivity contribution in [2.75, 3.05) is 6.54 Å². The quantitative estimate of drug-likeness (QED) is 0.558. The van der Waals surface area contributed by atoms with Gasteiger partial charge in [0.2, 0.25) is 0 Å². The fraction of sp³-hybridized carbons (Fsp3) is 0.938. The van der Waals surface area contributed by atoms with E-state index in [4.69, 9.17) is 5.73 Å². The third-order valence-corrected chi connectivity index (χ3v) is 4.50. The maximum Gasteiger partial charge on any atom is 0.306 e. The fourth-order valence-electron chi connectivity index (χ4n) is 3.19. The predicted octanol–water partition coefficient (Wildman–Crippen LogP) is 3.96. The van der Waals surface area contributed by atoms with E-state index >= 15 is 0 Å². The Bertz CT molecular complexity index is 237. The number of unbranched alkanes of at least 4 members (excludes halogenated alkanes) is 4. The predicted molar refractivity (Wildman–Crippen MR) is 79.1 cm³/mol. The molecule has 1 fully saturated rings. The maximum absolute atomic E-state index is 11.3. The molecule has 3 nitrogen and oxygen atoms in total. The average Bonchev–Trinajstić information content (AvgIpc) is 2.89. The van der Waals surface area contributed by atoms with E-state index in [1.807, 2.05) is 0 Å². The van der Waals surface area contributed by atoms with Crippen molar-refractivity contribution in [2.45, 2.75) is 77.0 Å². The molecule has 112 valence electrons. The average molecular weight is 269 g/mol. The third kappa shape index (κ3) is 7.56. The number of carboxylic acid groups (broad SMARTS) is 1. The van der Waals surface area contributed by atoms with Gasteiger partial charge in [-0.2, -0.15) is 0 Å². The molecule has 0 amide bonds. The molecule has 1 saturated carbocycles. The first-order valence-electron chi connectivity index (χ1n) is 8.17. The molecule has 3 heteroatoms. The van der Waals surface area contributed by atoms with Gasteiger partial charge < -0.3 is 10.8 Å². The van der Waals surface area contributed by atoms with Crippen LogP contribution in [-0.4, -0.2) is 17.6 Å². The molecule has 0 aromatic rings. The zero-order valence-electron chi connectivity index (χ0n) is 12.3. The Kier molecular flexibility index (Phi) is 8.89. The van der Waals surface area contributed by atoms with Gasteiger partial charge in [0.05, 0.1) is 5.92 Å². The molecule has 0 saturated heterocycles. The Morgan fingerprint density at radius 2 is 1.68 bits per heavy atom. The Balaban J connectivity index is 2.08. The van der Waals surface area contributed by atoms with Crippen molar-refractivity contribution in [1.82, 2.24) is 0 Å². The molecule has 3 N–H and O–H groups in total. The highest BCUT2D eigenvalue weighted by Crippen LogP contribution is 2.30. The minimum Gasteiger partial charge on any atom is -0.481 e. The van der Waals surface area contributed by atoms with Crippen LogP contribution in [0.25, 0.3) is 0 Å². The lowest BCUT2D eigenvalue weighted by atomic mass is 9.91. The van der Waals surface area contributed by atoms with Crippen LogP contribution in [0.1, 0.15) is 77.0 Å². The van der Waals surface area contributed by atoms with Gasteiger partial charge in [-0.25, -0.2) is 0 Å². The van der Waals surface area contributed by atoms with Crippen molar-refractivity contribution in [3.63, 3.8) is 0 Å². The summed E-state index contributed by atoms with van der Waals surface area (Å²) in [5.41, 5.74) is 5.45. The minimum absolute atomic E-state index is 0.102. The Hall–Kier alpha value is -0.570. The second-order valence-electron chi connectivity index (χ2n) is 6.11. The summed E-state index contributed by atoms with van der Waals surface area (Å²) in [4.78, 5) is 11.3. The molecular weight excluding hydrogens is 238 g/mol. The normalized spacial score (nSPS) is 17.7. The Morgan fingerprint density at radius 3 is 2.32 bits per heavy atom. The van der Waals surface area contributed by atoms with Crippen LogP contribution in [0, 0.1) is 11.8 Å². The highest BCUT2D eigenvalue weighted by atomic mass is 16.4. The van der Waals surface area contributed by atoms with Gasteiger partial charge in [-0.05, 0) is 38.1 Å². The zero-order chi connectivity index (χ0) is 13.9. The van der Waals surface area contributed by atoms with Crippen LogP contribution in [0.15, 0.2) is 0 Å². The summed E-state index contributed by atoms with van der Waals surface area (Å²) in [7, 11) is 0. The molecule has 0 spiro atoms. The lowest BCUT2D eigenvalue weighted by Gasteiger charge is -2.15. The SMILES string of the molecule is NCCCCCCCC(CCC1CCCC1)C(=O)O. The maximum atomic E-state index is 11.3.